The molecule has 4 rings (SSSR count). The molecule has 180 valence electrons. The zero-order valence-corrected chi connectivity index (χ0v) is 20.9. The number of amides is 1. The number of fused-ring (bicyclic) bond motifs is 1. The Kier molecular flexibility index (Phi) is 7.77. The smallest absolute Gasteiger partial charge is 0.257 e. The minimum atomic E-state index is -0.302. The SMILES string of the molecule is CCCOc1cccc(C(=O)NC(=S)Nc2ccc(-c3nc4cc([C@H](C)CC)ccc4o3)cc2)c1. The molecule has 0 aliphatic rings. The van der Waals surface area contributed by atoms with E-state index < -0.39 is 0 Å². The lowest BCUT2D eigenvalue weighted by Crippen LogP contribution is -2.34. The van der Waals surface area contributed by atoms with Gasteiger partial charge < -0.3 is 14.5 Å². The Labute approximate surface area is 210 Å². The molecular weight excluding hydrogens is 458 g/mol. The normalized spacial score (nSPS) is 11.7. The molecule has 2 N–H and O–H groups in total. The van der Waals surface area contributed by atoms with Crippen LogP contribution in [-0.4, -0.2) is 22.6 Å². The fourth-order valence-electron chi connectivity index (χ4n) is 3.59. The molecule has 0 aliphatic heterocycles. The van der Waals surface area contributed by atoms with Crippen molar-refractivity contribution < 1.29 is 13.9 Å². The monoisotopic (exact) mass is 487 g/mol. The Morgan fingerprint density at radius 2 is 1.89 bits per heavy atom. The van der Waals surface area contributed by atoms with Gasteiger partial charge in [0.05, 0.1) is 6.61 Å². The molecule has 0 saturated heterocycles. The number of oxazole rings is 1. The summed E-state index contributed by atoms with van der Waals surface area (Å²) in [6.07, 6.45) is 1.97. The Morgan fingerprint density at radius 1 is 1.09 bits per heavy atom. The summed E-state index contributed by atoms with van der Waals surface area (Å²) in [6, 6.07) is 20.8. The lowest BCUT2D eigenvalue weighted by molar-refractivity contribution is 0.0977. The van der Waals surface area contributed by atoms with Crippen LogP contribution in [0.25, 0.3) is 22.6 Å². The van der Waals surface area contributed by atoms with E-state index in [-0.39, 0.29) is 11.0 Å². The zero-order chi connectivity index (χ0) is 24.8. The predicted molar refractivity (Wildman–Crippen MR) is 144 cm³/mol. The Bertz CT molecular complexity index is 1330. The van der Waals surface area contributed by atoms with Crippen LogP contribution in [0.4, 0.5) is 5.69 Å². The molecule has 1 atom stereocenters. The Morgan fingerprint density at radius 3 is 2.63 bits per heavy atom. The van der Waals surface area contributed by atoms with Crippen molar-refractivity contribution in [2.75, 3.05) is 11.9 Å². The highest BCUT2D eigenvalue weighted by atomic mass is 32.1. The Hall–Kier alpha value is -3.71. The van der Waals surface area contributed by atoms with Crippen LogP contribution in [0.1, 0.15) is 55.5 Å². The standard InChI is InChI=1S/C28H29N3O3S/c1-4-15-33-23-8-6-7-21(16-23)26(32)31-28(35)29-22-12-9-19(10-13-22)27-30-24-17-20(18(3)5-2)11-14-25(24)34-27/h6-14,16-18H,4-5,15H2,1-3H3,(H2,29,31,32,35)/t18-/m1/s1. The van der Waals surface area contributed by atoms with E-state index >= 15 is 0 Å². The van der Waals surface area contributed by atoms with Gasteiger partial charge in [0.1, 0.15) is 11.3 Å². The third kappa shape index (κ3) is 6.05. The largest absolute Gasteiger partial charge is 0.494 e. The molecule has 0 bridgehead atoms. The summed E-state index contributed by atoms with van der Waals surface area (Å²) in [5.74, 6) is 1.40. The number of benzene rings is 3. The van der Waals surface area contributed by atoms with Gasteiger partial charge in [-0.1, -0.05) is 32.9 Å². The highest BCUT2D eigenvalue weighted by Gasteiger charge is 2.12. The van der Waals surface area contributed by atoms with Crippen LogP contribution in [0.5, 0.6) is 5.75 Å². The average Bonchev–Trinajstić information content (AvgIpc) is 3.31. The lowest BCUT2D eigenvalue weighted by Gasteiger charge is -2.11. The van der Waals surface area contributed by atoms with Gasteiger partial charge in [0.25, 0.3) is 5.91 Å². The summed E-state index contributed by atoms with van der Waals surface area (Å²) in [5, 5.41) is 5.96. The van der Waals surface area contributed by atoms with Crippen LogP contribution in [0, 0.1) is 0 Å². The molecule has 1 heterocycles. The van der Waals surface area contributed by atoms with Gasteiger partial charge >= 0.3 is 0 Å². The maximum absolute atomic E-state index is 12.6. The van der Waals surface area contributed by atoms with Crippen molar-refractivity contribution >= 4 is 40.0 Å². The summed E-state index contributed by atoms with van der Waals surface area (Å²) in [7, 11) is 0. The number of rotatable bonds is 8. The molecule has 6 nitrogen and oxygen atoms in total. The van der Waals surface area contributed by atoms with Crippen LogP contribution < -0.4 is 15.4 Å². The van der Waals surface area contributed by atoms with E-state index in [1.54, 1.807) is 18.2 Å². The van der Waals surface area contributed by atoms with E-state index in [9.17, 15) is 4.79 Å². The first-order chi connectivity index (χ1) is 17.0. The molecule has 0 spiro atoms. The van der Waals surface area contributed by atoms with Gasteiger partial charge in [0.2, 0.25) is 5.89 Å². The number of nitrogens with one attached hydrogen (secondary N) is 2. The molecule has 4 aromatic rings. The molecule has 1 aromatic heterocycles. The van der Waals surface area contributed by atoms with Crippen LogP contribution in [0.3, 0.4) is 0 Å². The first-order valence-corrected chi connectivity index (χ1v) is 12.2. The minimum absolute atomic E-state index is 0.210. The maximum Gasteiger partial charge on any atom is 0.257 e. The third-order valence-corrected chi connectivity index (χ3v) is 5.98. The maximum atomic E-state index is 12.6. The first kappa shape index (κ1) is 24.4. The second-order valence-electron chi connectivity index (χ2n) is 8.42. The van der Waals surface area contributed by atoms with Crippen molar-refractivity contribution in [3.63, 3.8) is 0 Å². The van der Waals surface area contributed by atoms with Crippen LogP contribution in [0.2, 0.25) is 0 Å². The van der Waals surface area contributed by atoms with Gasteiger partial charge in [-0.05, 0) is 91.1 Å². The summed E-state index contributed by atoms with van der Waals surface area (Å²) >= 11 is 5.32. The molecule has 0 fully saturated rings. The number of ether oxygens (including phenoxy) is 1. The van der Waals surface area contributed by atoms with Crippen LogP contribution in [0.15, 0.2) is 71.1 Å². The van der Waals surface area contributed by atoms with Gasteiger partial charge in [-0.15, -0.1) is 0 Å². The van der Waals surface area contributed by atoms with Gasteiger partial charge in [-0.25, -0.2) is 4.98 Å². The van der Waals surface area contributed by atoms with E-state index in [4.69, 9.17) is 21.4 Å². The third-order valence-electron chi connectivity index (χ3n) is 5.78. The lowest BCUT2D eigenvalue weighted by atomic mass is 9.98. The molecule has 3 aromatic carbocycles. The molecule has 0 aliphatic carbocycles. The molecule has 1 amide bonds. The van der Waals surface area contributed by atoms with E-state index in [1.165, 1.54) is 5.56 Å². The van der Waals surface area contributed by atoms with Crippen molar-refractivity contribution in [1.82, 2.24) is 10.3 Å². The highest BCUT2D eigenvalue weighted by molar-refractivity contribution is 7.80. The molecule has 35 heavy (non-hydrogen) atoms. The van der Waals surface area contributed by atoms with E-state index in [1.807, 2.05) is 43.3 Å². The quantitative estimate of drug-likeness (QED) is 0.263. The van der Waals surface area contributed by atoms with E-state index in [0.29, 0.717) is 29.7 Å². The molecular formula is C28H29N3O3S. The number of nitrogens with zero attached hydrogens (tertiary/aromatic N) is 1. The van der Waals surface area contributed by atoms with Gasteiger partial charge in [0.15, 0.2) is 10.7 Å². The summed E-state index contributed by atoms with van der Waals surface area (Å²) in [4.78, 5) is 17.2. The zero-order valence-electron chi connectivity index (χ0n) is 20.1. The number of thiocarbonyl (C=S) groups is 1. The Balaban J connectivity index is 1.39. The molecule has 0 unspecified atom stereocenters. The molecule has 0 saturated carbocycles. The van der Waals surface area contributed by atoms with Crippen LogP contribution >= 0.6 is 12.2 Å². The number of hydrogen-bond donors (Lipinski definition) is 2. The molecule has 7 heteroatoms. The number of hydrogen-bond acceptors (Lipinski definition) is 5. The number of aromatic nitrogens is 1. The van der Waals surface area contributed by atoms with Gasteiger partial charge in [0, 0.05) is 16.8 Å². The second-order valence-corrected chi connectivity index (χ2v) is 8.83. The van der Waals surface area contributed by atoms with Gasteiger partial charge in [-0.3, -0.25) is 10.1 Å². The fraction of sp³-hybridized carbons (Fsp3) is 0.250. The average molecular weight is 488 g/mol. The first-order valence-electron chi connectivity index (χ1n) is 11.8. The molecule has 0 radical (unpaired) electrons. The summed E-state index contributed by atoms with van der Waals surface area (Å²) in [5.41, 5.74) is 4.96. The van der Waals surface area contributed by atoms with Gasteiger partial charge in [-0.2, -0.15) is 0 Å². The number of carbonyl (C=O) groups is 1. The van der Waals surface area contributed by atoms with Crippen molar-refractivity contribution in [2.24, 2.45) is 0 Å². The fourth-order valence-corrected chi connectivity index (χ4v) is 3.80. The predicted octanol–water partition coefficient (Wildman–Crippen LogP) is 6.92. The summed E-state index contributed by atoms with van der Waals surface area (Å²) < 4.78 is 11.5. The number of carbonyl (C=O) groups excluding carboxylic acids is 1. The number of anilines is 1. The second kappa shape index (κ2) is 11.1. The minimum Gasteiger partial charge on any atom is -0.494 e. The topological polar surface area (TPSA) is 76.4 Å². The van der Waals surface area contributed by atoms with Crippen molar-refractivity contribution in [2.45, 2.75) is 39.5 Å². The summed E-state index contributed by atoms with van der Waals surface area (Å²) in [6.45, 7) is 7.02. The van der Waals surface area contributed by atoms with Crippen molar-refractivity contribution in [3.05, 3.63) is 77.9 Å². The van der Waals surface area contributed by atoms with Crippen molar-refractivity contribution in [1.29, 1.82) is 0 Å². The highest BCUT2D eigenvalue weighted by Crippen LogP contribution is 2.28. The van der Waals surface area contributed by atoms with Crippen molar-refractivity contribution in [3.8, 4) is 17.2 Å². The van der Waals surface area contributed by atoms with Crippen LogP contribution in [-0.2, 0) is 0 Å². The van der Waals surface area contributed by atoms with E-state index in [0.717, 1.165) is 35.2 Å². The van der Waals surface area contributed by atoms with E-state index in [2.05, 4.69) is 41.6 Å².